The van der Waals surface area contributed by atoms with Crippen LogP contribution in [0.5, 0.6) is 0 Å². The Labute approximate surface area is 167 Å². The fraction of sp³-hybridized carbons (Fsp3) is 0.111. The van der Waals surface area contributed by atoms with Gasteiger partial charge in [-0.25, -0.2) is 12.8 Å². The van der Waals surface area contributed by atoms with Crippen molar-refractivity contribution < 1.29 is 26.0 Å². The third kappa shape index (κ3) is 4.52. The van der Waals surface area contributed by atoms with E-state index in [1.807, 2.05) is 4.72 Å². The van der Waals surface area contributed by atoms with Gasteiger partial charge in [0.1, 0.15) is 17.3 Å². The molecule has 30 heavy (non-hydrogen) atoms. The van der Waals surface area contributed by atoms with Gasteiger partial charge in [0.2, 0.25) is 0 Å². The van der Waals surface area contributed by atoms with E-state index < -0.39 is 39.8 Å². The van der Waals surface area contributed by atoms with Crippen LogP contribution in [-0.2, 0) is 16.6 Å². The summed E-state index contributed by atoms with van der Waals surface area (Å²) in [6.45, 7) is -1.49. The lowest BCUT2D eigenvalue weighted by atomic mass is 10.2. The van der Waals surface area contributed by atoms with Crippen molar-refractivity contribution in [3.63, 3.8) is 0 Å². The number of sulfonamides is 1. The number of hydrogen-bond donors (Lipinski definition) is 2. The normalized spacial score (nSPS) is 11.8. The van der Waals surface area contributed by atoms with Crippen molar-refractivity contribution >= 4 is 15.7 Å². The lowest BCUT2D eigenvalue weighted by Gasteiger charge is -2.10. The van der Waals surface area contributed by atoms with Gasteiger partial charge in [-0.3, -0.25) is 9.52 Å². The number of nitrogens with one attached hydrogen (secondary N) is 2. The van der Waals surface area contributed by atoms with E-state index in [-0.39, 0.29) is 21.7 Å². The number of rotatable bonds is 5. The average Bonchev–Trinajstić information content (AvgIpc) is 3.15. The molecule has 0 amide bonds. The van der Waals surface area contributed by atoms with Gasteiger partial charge in [0.05, 0.1) is 28.6 Å². The SMILES string of the molecule is N#Cc1ccc(NS(=O)(=O)c2c[nH]c(-c3cccn(CC(F)(F)F)c3=O)c2)c(F)c1. The van der Waals surface area contributed by atoms with E-state index in [9.17, 15) is 30.8 Å². The van der Waals surface area contributed by atoms with Crippen LogP contribution >= 0.6 is 0 Å². The van der Waals surface area contributed by atoms with E-state index in [1.54, 1.807) is 6.07 Å². The molecule has 0 unspecified atom stereocenters. The largest absolute Gasteiger partial charge is 0.406 e. The van der Waals surface area contributed by atoms with Gasteiger partial charge in [-0.15, -0.1) is 0 Å². The van der Waals surface area contributed by atoms with E-state index in [4.69, 9.17) is 5.26 Å². The molecule has 0 fully saturated rings. The number of pyridine rings is 1. The zero-order valence-corrected chi connectivity index (χ0v) is 15.7. The van der Waals surface area contributed by atoms with Crippen LogP contribution < -0.4 is 10.3 Å². The molecule has 156 valence electrons. The van der Waals surface area contributed by atoms with Crippen LogP contribution in [0, 0.1) is 17.1 Å². The highest BCUT2D eigenvalue weighted by Gasteiger charge is 2.29. The van der Waals surface area contributed by atoms with E-state index in [1.165, 1.54) is 18.2 Å². The Morgan fingerprint density at radius 1 is 1.20 bits per heavy atom. The van der Waals surface area contributed by atoms with Gasteiger partial charge >= 0.3 is 6.18 Å². The van der Waals surface area contributed by atoms with Crippen LogP contribution in [0.1, 0.15) is 5.56 Å². The number of H-pyrrole nitrogens is 1. The van der Waals surface area contributed by atoms with Gasteiger partial charge in [-0.2, -0.15) is 18.4 Å². The van der Waals surface area contributed by atoms with Crippen molar-refractivity contribution in [1.82, 2.24) is 9.55 Å². The smallest absolute Gasteiger partial charge is 0.360 e. The first-order valence-electron chi connectivity index (χ1n) is 8.17. The summed E-state index contributed by atoms with van der Waals surface area (Å²) in [5, 5.41) is 8.73. The third-order valence-corrected chi connectivity index (χ3v) is 5.31. The van der Waals surface area contributed by atoms with Crippen molar-refractivity contribution in [3.05, 3.63) is 70.5 Å². The summed E-state index contributed by atoms with van der Waals surface area (Å²) in [6, 6.07) is 8.37. The Balaban J connectivity index is 1.92. The molecule has 2 aromatic heterocycles. The van der Waals surface area contributed by atoms with Crippen LogP contribution in [0.15, 0.2) is 58.5 Å². The molecule has 0 aliphatic rings. The lowest BCUT2D eigenvalue weighted by molar-refractivity contribution is -0.141. The van der Waals surface area contributed by atoms with E-state index in [2.05, 4.69) is 4.98 Å². The minimum Gasteiger partial charge on any atom is -0.360 e. The molecule has 0 saturated carbocycles. The van der Waals surface area contributed by atoms with Crippen LogP contribution in [0.3, 0.4) is 0 Å². The van der Waals surface area contributed by atoms with E-state index >= 15 is 0 Å². The molecular weight excluding hydrogens is 428 g/mol. The molecule has 2 heterocycles. The molecule has 3 rings (SSSR count). The van der Waals surface area contributed by atoms with Crippen molar-refractivity contribution in [2.24, 2.45) is 0 Å². The fourth-order valence-corrected chi connectivity index (χ4v) is 3.68. The van der Waals surface area contributed by atoms with Crippen molar-refractivity contribution in [2.75, 3.05) is 4.72 Å². The topological polar surface area (TPSA) is 108 Å². The first-order valence-corrected chi connectivity index (χ1v) is 9.66. The van der Waals surface area contributed by atoms with Gasteiger partial charge < -0.3 is 9.55 Å². The molecule has 0 aliphatic heterocycles. The monoisotopic (exact) mass is 440 g/mol. The Kier molecular flexibility index (Phi) is 5.41. The quantitative estimate of drug-likeness (QED) is 0.594. The molecule has 7 nitrogen and oxygen atoms in total. The van der Waals surface area contributed by atoms with Gasteiger partial charge in [-0.1, -0.05) is 0 Å². The molecule has 2 N–H and O–H groups in total. The third-order valence-electron chi connectivity index (χ3n) is 3.97. The maximum Gasteiger partial charge on any atom is 0.406 e. The van der Waals surface area contributed by atoms with E-state index in [0.717, 1.165) is 30.6 Å². The first-order chi connectivity index (χ1) is 14.0. The lowest BCUT2D eigenvalue weighted by Crippen LogP contribution is -2.28. The Hall–Kier alpha value is -3.59. The second-order valence-electron chi connectivity index (χ2n) is 6.13. The molecule has 0 saturated heterocycles. The van der Waals surface area contributed by atoms with Crippen LogP contribution in [0.2, 0.25) is 0 Å². The number of anilines is 1. The molecule has 0 bridgehead atoms. The number of aromatic amines is 1. The molecule has 3 aromatic rings. The molecule has 1 aromatic carbocycles. The van der Waals surface area contributed by atoms with Gasteiger partial charge in [0.25, 0.3) is 15.6 Å². The average molecular weight is 440 g/mol. The summed E-state index contributed by atoms with van der Waals surface area (Å²) in [4.78, 5) is 14.5. The van der Waals surface area contributed by atoms with Crippen molar-refractivity contribution in [3.8, 4) is 17.3 Å². The number of nitriles is 1. The Bertz CT molecular complexity index is 1300. The number of alkyl halides is 3. The molecule has 0 aliphatic carbocycles. The Morgan fingerprint density at radius 2 is 1.93 bits per heavy atom. The fourth-order valence-electron chi connectivity index (χ4n) is 2.62. The Morgan fingerprint density at radius 3 is 2.57 bits per heavy atom. The summed E-state index contributed by atoms with van der Waals surface area (Å²) in [5.41, 5.74) is -1.57. The number of halogens is 4. The summed E-state index contributed by atoms with van der Waals surface area (Å²) >= 11 is 0. The summed E-state index contributed by atoms with van der Waals surface area (Å²) in [6.07, 6.45) is -2.63. The van der Waals surface area contributed by atoms with Gasteiger partial charge in [-0.05, 0) is 36.4 Å². The molecule has 0 radical (unpaired) electrons. The minimum absolute atomic E-state index is 0.00130. The maximum atomic E-state index is 14.0. The highest BCUT2D eigenvalue weighted by molar-refractivity contribution is 7.92. The predicted molar refractivity (Wildman–Crippen MR) is 98.5 cm³/mol. The molecule has 0 atom stereocenters. The van der Waals surface area contributed by atoms with Crippen LogP contribution in [0.25, 0.3) is 11.3 Å². The minimum atomic E-state index is -4.61. The highest BCUT2D eigenvalue weighted by atomic mass is 32.2. The molecule has 0 spiro atoms. The second-order valence-corrected chi connectivity index (χ2v) is 7.81. The number of aromatic nitrogens is 2. The zero-order valence-electron chi connectivity index (χ0n) is 14.9. The van der Waals surface area contributed by atoms with Gasteiger partial charge in [0, 0.05) is 12.4 Å². The molecule has 12 heteroatoms. The van der Waals surface area contributed by atoms with Gasteiger partial charge in [0.15, 0.2) is 0 Å². The number of hydrogen-bond acceptors (Lipinski definition) is 4. The van der Waals surface area contributed by atoms with E-state index in [0.29, 0.717) is 4.57 Å². The van der Waals surface area contributed by atoms with Crippen LogP contribution in [0.4, 0.5) is 23.2 Å². The first kappa shape index (κ1) is 21.1. The highest BCUT2D eigenvalue weighted by Crippen LogP contribution is 2.24. The van der Waals surface area contributed by atoms with Crippen molar-refractivity contribution in [2.45, 2.75) is 17.6 Å². The standard InChI is InChI=1S/C18H12F4N4O3S/c19-14-6-11(8-23)3-4-15(14)25-30(28,29)12-7-16(24-9-12)13-2-1-5-26(17(13)27)10-18(20,21)22/h1-7,9,24-25H,10H2. The second kappa shape index (κ2) is 7.68. The maximum absolute atomic E-state index is 14.0. The molecular formula is C18H12F4N4O3S. The summed E-state index contributed by atoms with van der Waals surface area (Å²) < 4.78 is 79.2. The number of nitrogens with zero attached hydrogens (tertiary/aromatic N) is 2. The number of benzene rings is 1. The summed E-state index contributed by atoms with van der Waals surface area (Å²) in [5.74, 6) is -0.966. The van der Waals surface area contributed by atoms with Crippen molar-refractivity contribution in [1.29, 1.82) is 5.26 Å². The van der Waals surface area contributed by atoms with Crippen LogP contribution in [-0.4, -0.2) is 24.1 Å². The zero-order chi connectivity index (χ0) is 22.1. The summed E-state index contributed by atoms with van der Waals surface area (Å²) in [7, 11) is -4.29. The predicted octanol–water partition coefficient (Wildman–Crippen LogP) is 3.22.